The minimum Gasteiger partial charge on any atom is -0.394 e. The molecule has 0 saturated heterocycles. The Morgan fingerprint density at radius 3 is 2.73 bits per heavy atom. The zero-order chi connectivity index (χ0) is 11.4. The Labute approximate surface area is 102 Å². The van der Waals surface area contributed by atoms with E-state index < -0.39 is 6.10 Å². The molecule has 0 aromatic heterocycles. The van der Waals surface area contributed by atoms with Crippen LogP contribution in [0.4, 0.5) is 5.69 Å². The molecular weight excluding hydrogens is 281 g/mol. The summed E-state index contributed by atoms with van der Waals surface area (Å²) in [7, 11) is 0. The summed E-state index contributed by atoms with van der Waals surface area (Å²) in [6.07, 6.45) is -0.774. The maximum atomic E-state index is 9.19. The van der Waals surface area contributed by atoms with E-state index in [9.17, 15) is 5.11 Å². The molecule has 15 heavy (non-hydrogen) atoms. The summed E-state index contributed by atoms with van der Waals surface area (Å²) < 4.78 is 0.915. The van der Waals surface area contributed by atoms with Gasteiger partial charge in [-0.1, -0.05) is 27.5 Å². The van der Waals surface area contributed by atoms with Crippen LogP contribution in [0.3, 0.4) is 0 Å². The van der Waals surface area contributed by atoms with Crippen LogP contribution in [0.15, 0.2) is 16.6 Å². The van der Waals surface area contributed by atoms with Gasteiger partial charge in [-0.25, -0.2) is 0 Å². The second-order valence-corrected chi connectivity index (χ2v) is 4.62. The van der Waals surface area contributed by atoms with E-state index in [4.69, 9.17) is 16.7 Å². The SMILES string of the molecule is Cc1cc(Br)cc(Cl)c1NCC(O)CO. The van der Waals surface area contributed by atoms with E-state index in [-0.39, 0.29) is 13.2 Å². The first-order chi connectivity index (χ1) is 7.04. The fourth-order valence-electron chi connectivity index (χ4n) is 1.21. The van der Waals surface area contributed by atoms with Crippen LogP contribution < -0.4 is 5.32 Å². The maximum absolute atomic E-state index is 9.19. The van der Waals surface area contributed by atoms with E-state index >= 15 is 0 Å². The van der Waals surface area contributed by atoms with E-state index in [0.29, 0.717) is 5.02 Å². The molecule has 0 heterocycles. The third-order valence-corrected chi connectivity index (χ3v) is 2.73. The number of benzene rings is 1. The van der Waals surface area contributed by atoms with Crippen molar-refractivity contribution in [3.8, 4) is 0 Å². The van der Waals surface area contributed by atoms with Gasteiger partial charge < -0.3 is 15.5 Å². The van der Waals surface area contributed by atoms with Gasteiger partial charge in [-0.3, -0.25) is 0 Å². The molecule has 84 valence electrons. The van der Waals surface area contributed by atoms with Crippen molar-refractivity contribution in [2.24, 2.45) is 0 Å². The summed E-state index contributed by atoms with van der Waals surface area (Å²) in [5, 5.41) is 21.4. The summed E-state index contributed by atoms with van der Waals surface area (Å²) in [5.74, 6) is 0. The summed E-state index contributed by atoms with van der Waals surface area (Å²) in [6.45, 7) is 1.93. The van der Waals surface area contributed by atoms with Crippen LogP contribution in [0.25, 0.3) is 0 Å². The Morgan fingerprint density at radius 2 is 2.20 bits per heavy atom. The van der Waals surface area contributed by atoms with Crippen LogP contribution in [-0.4, -0.2) is 29.5 Å². The highest BCUT2D eigenvalue weighted by Gasteiger charge is 2.07. The fraction of sp³-hybridized carbons (Fsp3) is 0.400. The van der Waals surface area contributed by atoms with Gasteiger partial charge >= 0.3 is 0 Å². The lowest BCUT2D eigenvalue weighted by molar-refractivity contribution is 0.105. The molecular formula is C10H13BrClNO2. The van der Waals surface area contributed by atoms with Crippen molar-refractivity contribution in [2.75, 3.05) is 18.5 Å². The lowest BCUT2D eigenvalue weighted by Crippen LogP contribution is -2.23. The summed E-state index contributed by atoms with van der Waals surface area (Å²) >= 11 is 9.36. The Hall–Kier alpha value is -0.290. The van der Waals surface area contributed by atoms with Gasteiger partial charge in [0.1, 0.15) is 0 Å². The molecule has 1 atom stereocenters. The van der Waals surface area contributed by atoms with Crippen molar-refractivity contribution in [3.05, 3.63) is 27.2 Å². The molecule has 0 aliphatic heterocycles. The van der Waals surface area contributed by atoms with Crippen molar-refractivity contribution in [1.82, 2.24) is 0 Å². The van der Waals surface area contributed by atoms with E-state index in [1.54, 1.807) is 6.07 Å². The number of anilines is 1. The zero-order valence-corrected chi connectivity index (χ0v) is 10.6. The Kier molecular flexibility index (Phi) is 4.86. The van der Waals surface area contributed by atoms with Gasteiger partial charge in [-0.2, -0.15) is 0 Å². The lowest BCUT2D eigenvalue weighted by atomic mass is 10.2. The number of hydrogen-bond donors (Lipinski definition) is 3. The molecule has 1 aromatic rings. The minimum atomic E-state index is -0.774. The molecule has 1 aromatic carbocycles. The molecule has 0 radical (unpaired) electrons. The molecule has 1 rings (SSSR count). The summed E-state index contributed by atoms with van der Waals surface area (Å²) in [6, 6.07) is 3.71. The van der Waals surface area contributed by atoms with Crippen molar-refractivity contribution in [3.63, 3.8) is 0 Å². The van der Waals surface area contributed by atoms with Crippen LogP contribution >= 0.6 is 27.5 Å². The van der Waals surface area contributed by atoms with Gasteiger partial charge in [0.25, 0.3) is 0 Å². The van der Waals surface area contributed by atoms with Crippen LogP contribution in [0, 0.1) is 6.92 Å². The number of hydrogen-bond acceptors (Lipinski definition) is 3. The average molecular weight is 295 g/mol. The smallest absolute Gasteiger partial charge is 0.0942 e. The first-order valence-electron chi connectivity index (χ1n) is 4.53. The van der Waals surface area contributed by atoms with E-state index in [0.717, 1.165) is 15.7 Å². The Balaban J connectivity index is 2.77. The minimum absolute atomic E-state index is 0.264. The summed E-state index contributed by atoms with van der Waals surface area (Å²) in [5.41, 5.74) is 1.77. The van der Waals surface area contributed by atoms with Gasteiger partial charge in [0.05, 0.1) is 23.4 Å². The first-order valence-corrected chi connectivity index (χ1v) is 5.70. The molecule has 0 aliphatic rings. The van der Waals surface area contributed by atoms with Crippen LogP contribution in [0.5, 0.6) is 0 Å². The number of aliphatic hydroxyl groups is 2. The van der Waals surface area contributed by atoms with E-state index in [1.165, 1.54) is 0 Å². The molecule has 5 heteroatoms. The zero-order valence-electron chi connectivity index (χ0n) is 8.30. The Morgan fingerprint density at radius 1 is 1.53 bits per heavy atom. The number of aliphatic hydroxyl groups excluding tert-OH is 2. The largest absolute Gasteiger partial charge is 0.394 e. The van der Waals surface area contributed by atoms with Gasteiger partial charge in [-0.05, 0) is 24.6 Å². The van der Waals surface area contributed by atoms with Crippen LogP contribution in [0.2, 0.25) is 5.02 Å². The molecule has 0 spiro atoms. The molecule has 0 fully saturated rings. The quantitative estimate of drug-likeness (QED) is 0.798. The first kappa shape index (κ1) is 12.8. The van der Waals surface area contributed by atoms with Crippen molar-refractivity contribution < 1.29 is 10.2 Å². The predicted molar refractivity (Wildman–Crippen MR) is 65.5 cm³/mol. The number of halogens is 2. The molecule has 0 amide bonds. The number of aryl methyl sites for hydroxylation is 1. The predicted octanol–water partition coefficient (Wildman–Crippen LogP) is 2.18. The van der Waals surface area contributed by atoms with Crippen LogP contribution in [-0.2, 0) is 0 Å². The van der Waals surface area contributed by atoms with Crippen LogP contribution in [0.1, 0.15) is 5.56 Å². The molecule has 3 N–H and O–H groups in total. The van der Waals surface area contributed by atoms with Crippen molar-refractivity contribution in [2.45, 2.75) is 13.0 Å². The molecule has 3 nitrogen and oxygen atoms in total. The topological polar surface area (TPSA) is 52.5 Å². The standard InChI is InChI=1S/C10H13BrClNO2/c1-6-2-7(11)3-9(12)10(6)13-4-8(15)5-14/h2-3,8,13-15H,4-5H2,1H3. The van der Waals surface area contributed by atoms with Gasteiger partial charge in [0.15, 0.2) is 0 Å². The maximum Gasteiger partial charge on any atom is 0.0942 e. The molecule has 0 aliphatic carbocycles. The second-order valence-electron chi connectivity index (χ2n) is 3.30. The third kappa shape index (κ3) is 3.65. The molecule has 0 bridgehead atoms. The van der Waals surface area contributed by atoms with Crippen molar-refractivity contribution >= 4 is 33.2 Å². The highest BCUT2D eigenvalue weighted by Crippen LogP contribution is 2.29. The summed E-state index contributed by atoms with van der Waals surface area (Å²) in [4.78, 5) is 0. The normalized spacial score (nSPS) is 12.6. The monoisotopic (exact) mass is 293 g/mol. The average Bonchev–Trinajstić information content (AvgIpc) is 2.15. The van der Waals surface area contributed by atoms with Gasteiger partial charge in [-0.15, -0.1) is 0 Å². The van der Waals surface area contributed by atoms with Crippen molar-refractivity contribution in [1.29, 1.82) is 0 Å². The number of nitrogens with one attached hydrogen (secondary N) is 1. The Bertz CT molecular complexity index is 323. The highest BCUT2D eigenvalue weighted by molar-refractivity contribution is 9.10. The van der Waals surface area contributed by atoms with Gasteiger partial charge in [0.2, 0.25) is 0 Å². The molecule has 0 saturated carbocycles. The van der Waals surface area contributed by atoms with Gasteiger partial charge in [0, 0.05) is 11.0 Å². The highest BCUT2D eigenvalue weighted by atomic mass is 79.9. The third-order valence-electron chi connectivity index (χ3n) is 1.98. The second kappa shape index (κ2) is 5.70. The fourth-order valence-corrected chi connectivity index (χ4v) is 2.25. The lowest BCUT2D eigenvalue weighted by Gasteiger charge is -2.14. The number of rotatable bonds is 4. The van der Waals surface area contributed by atoms with E-state index in [1.807, 2.05) is 13.0 Å². The van der Waals surface area contributed by atoms with E-state index in [2.05, 4.69) is 21.2 Å². The molecule has 1 unspecified atom stereocenters.